The minimum atomic E-state index is -0.122. The van der Waals surface area contributed by atoms with Crippen molar-refractivity contribution in [3.05, 3.63) is 139 Å². The van der Waals surface area contributed by atoms with Crippen molar-refractivity contribution >= 4 is 53.7 Å². The fraction of sp³-hybridized carbons (Fsp3) is 0.0857. The Hall–Kier alpha value is -2.48. The summed E-state index contributed by atoms with van der Waals surface area (Å²) in [7, 11) is 0. The summed E-state index contributed by atoms with van der Waals surface area (Å²) in [6.07, 6.45) is 0. The van der Waals surface area contributed by atoms with Crippen LogP contribution in [0.3, 0.4) is 0 Å². The standard InChI is InChI=1S/2C14H11.C7H8Si.2ClH.Zr/c2*1-10-8-12-7-6-11-4-2-3-5-13(11)14(12)9-10;1-8-7-5-3-2-4-6-7;;;/h2*2-9H,1H3;2-6H,1H3;2*1H;/q2*-1;;;;+2/p-2. The third kappa shape index (κ3) is 7.38. The van der Waals surface area contributed by atoms with Gasteiger partial charge < -0.3 is 24.8 Å². The van der Waals surface area contributed by atoms with Crippen molar-refractivity contribution in [2.75, 3.05) is 0 Å². The van der Waals surface area contributed by atoms with E-state index in [0.29, 0.717) is 0 Å². The first-order chi connectivity index (χ1) is 18.0. The third-order valence-electron chi connectivity index (χ3n) is 6.73. The summed E-state index contributed by atoms with van der Waals surface area (Å²) in [5.74, 6) is 0. The summed E-state index contributed by atoms with van der Waals surface area (Å²) < 4.78 is 0. The Balaban J connectivity index is 0.000000162. The Morgan fingerprint density at radius 2 is 0.923 bits per heavy atom. The van der Waals surface area contributed by atoms with Gasteiger partial charge in [0.1, 0.15) is 0 Å². The van der Waals surface area contributed by atoms with E-state index in [2.05, 4.69) is 148 Å². The zero-order valence-electron chi connectivity index (χ0n) is 22.4. The first-order valence-electron chi connectivity index (χ1n) is 12.7. The van der Waals surface area contributed by atoms with Gasteiger partial charge in [-0.25, -0.2) is 0 Å². The summed E-state index contributed by atoms with van der Waals surface area (Å²) in [4.78, 5) is 0. The zero-order valence-corrected chi connectivity index (χ0v) is 27.4. The van der Waals surface area contributed by atoms with Gasteiger partial charge in [0, 0.05) is 0 Å². The molecule has 0 aliphatic heterocycles. The Morgan fingerprint density at radius 3 is 1.33 bits per heavy atom. The average molecular weight is 641 g/mol. The van der Waals surface area contributed by atoms with Gasteiger partial charge in [0.2, 0.25) is 0 Å². The SMILES string of the molecule is C[Si](=[Zr+2])c1ccccc1.Cc1cc2c(ccc3ccccc32)[cH-]1.Cc1cc2c(ccc3ccccc32)[cH-]1.[Cl-].[Cl-]. The molecule has 39 heavy (non-hydrogen) atoms. The van der Waals surface area contributed by atoms with Crippen LogP contribution in [0.25, 0.3) is 43.1 Å². The molecule has 0 N–H and O–H groups in total. The van der Waals surface area contributed by atoms with Gasteiger partial charge in [0.15, 0.2) is 0 Å². The predicted octanol–water partition coefficient (Wildman–Crippen LogP) is 3.11. The second-order valence-electron chi connectivity index (χ2n) is 9.64. The van der Waals surface area contributed by atoms with Crippen molar-refractivity contribution in [2.45, 2.75) is 20.4 Å². The van der Waals surface area contributed by atoms with Crippen LogP contribution in [0.5, 0.6) is 0 Å². The van der Waals surface area contributed by atoms with Crippen LogP contribution in [-0.2, 0) is 23.3 Å². The molecule has 194 valence electrons. The topological polar surface area (TPSA) is 0 Å². The van der Waals surface area contributed by atoms with E-state index in [1.54, 1.807) is 28.5 Å². The predicted molar refractivity (Wildman–Crippen MR) is 161 cm³/mol. The maximum absolute atomic E-state index is 2.35. The second-order valence-corrected chi connectivity index (χ2v) is 17.0. The monoisotopic (exact) mass is 638 g/mol. The number of aryl methyl sites for hydroxylation is 2. The van der Waals surface area contributed by atoms with Gasteiger partial charge >= 0.3 is 70.8 Å². The molecular formula is C35H30Cl2SiZr-2. The molecule has 0 nitrogen and oxygen atoms in total. The second kappa shape index (κ2) is 14.2. The first kappa shape index (κ1) is 31.1. The molecule has 4 heteroatoms. The fourth-order valence-electron chi connectivity index (χ4n) is 4.92. The molecule has 0 unspecified atom stereocenters. The van der Waals surface area contributed by atoms with Crippen LogP contribution in [0, 0.1) is 13.8 Å². The molecule has 0 heterocycles. The maximum Gasteiger partial charge on any atom is -0.0370 e. The first-order valence-corrected chi connectivity index (χ1v) is 18.4. The Morgan fingerprint density at radius 1 is 0.513 bits per heavy atom. The number of halogens is 2. The average Bonchev–Trinajstić information content (AvgIpc) is 3.51. The van der Waals surface area contributed by atoms with Crippen LogP contribution < -0.4 is 30.0 Å². The van der Waals surface area contributed by atoms with E-state index >= 15 is 0 Å². The molecule has 0 radical (unpaired) electrons. The van der Waals surface area contributed by atoms with Crippen molar-refractivity contribution in [1.82, 2.24) is 0 Å². The van der Waals surface area contributed by atoms with E-state index in [4.69, 9.17) is 0 Å². The van der Waals surface area contributed by atoms with Crippen LogP contribution in [0.2, 0.25) is 6.55 Å². The smallest absolute Gasteiger partial charge is 0.0370 e. The molecule has 0 saturated heterocycles. The Bertz CT molecular complexity index is 1720. The molecule has 0 bridgehead atoms. The summed E-state index contributed by atoms with van der Waals surface area (Å²) in [6.45, 7) is 6.64. The molecule has 0 saturated carbocycles. The van der Waals surface area contributed by atoms with E-state index in [1.165, 1.54) is 54.2 Å². The maximum atomic E-state index is 2.35. The van der Waals surface area contributed by atoms with Crippen LogP contribution in [0.1, 0.15) is 11.1 Å². The van der Waals surface area contributed by atoms with Gasteiger partial charge in [-0.2, -0.15) is 12.1 Å². The molecule has 0 aliphatic carbocycles. The third-order valence-corrected chi connectivity index (χ3v) is 10.1. The van der Waals surface area contributed by atoms with Gasteiger partial charge in [-0.1, -0.05) is 85.3 Å². The van der Waals surface area contributed by atoms with Crippen molar-refractivity contribution < 1.29 is 48.1 Å². The molecular weight excluding hydrogens is 611 g/mol. The minimum absolute atomic E-state index is 0. The molecule has 0 aromatic heterocycles. The van der Waals surface area contributed by atoms with E-state index in [1.807, 2.05) is 0 Å². The molecule has 0 spiro atoms. The largest absolute Gasteiger partial charge is 1.00 e. The molecule has 0 atom stereocenters. The van der Waals surface area contributed by atoms with Gasteiger partial charge in [0.25, 0.3) is 0 Å². The van der Waals surface area contributed by atoms with Crippen LogP contribution in [-0.4, -0.2) is 5.43 Å². The molecule has 0 amide bonds. The molecule has 7 aromatic carbocycles. The zero-order chi connectivity index (χ0) is 25.8. The Kier molecular flexibility index (Phi) is 11.3. The van der Waals surface area contributed by atoms with Crippen molar-refractivity contribution in [2.24, 2.45) is 0 Å². The number of hydrogen-bond acceptors (Lipinski definition) is 0. The van der Waals surface area contributed by atoms with Gasteiger partial charge in [-0.05, 0) is 10.8 Å². The summed E-state index contributed by atoms with van der Waals surface area (Å²) in [6, 6.07) is 45.6. The van der Waals surface area contributed by atoms with Gasteiger partial charge in [0.05, 0.1) is 0 Å². The van der Waals surface area contributed by atoms with Crippen LogP contribution in [0.4, 0.5) is 0 Å². The number of fused-ring (bicyclic) bond motifs is 6. The number of hydrogen-bond donors (Lipinski definition) is 0. The fourth-order valence-corrected chi connectivity index (χ4v) is 6.84. The van der Waals surface area contributed by atoms with E-state index in [-0.39, 0.29) is 30.2 Å². The minimum Gasteiger partial charge on any atom is -1.00 e. The van der Waals surface area contributed by atoms with Crippen LogP contribution >= 0.6 is 0 Å². The van der Waals surface area contributed by atoms with Gasteiger partial charge in [-0.3, -0.25) is 0 Å². The van der Waals surface area contributed by atoms with Crippen molar-refractivity contribution in [3.8, 4) is 0 Å². The summed E-state index contributed by atoms with van der Waals surface area (Å²) in [5.41, 5.74) is 2.57. The van der Waals surface area contributed by atoms with E-state index in [0.717, 1.165) is 0 Å². The van der Waals surface area contributed by atoms with Crippen LogP contribution in [0.15, 0.2) is 127 Å². The summed E-state index contributed by atoms with van der Waals surface area (Å²) in [5, 5.41) is 12.4. The molecule has 7 aromatic rings. The quantitative estimate of drug-likeness (QED) is 0.191. The number of benzene rings is 5. The van der Waals surface area contributed by atoms with Crippen molar-refractivity contribution in [3.63, 3.8) is 0 Å². The molecule has 0 fully saturated rings. The normalized spacial score (nSPS) is 10.2. The van der Waals surface area contributed by atoms with E-state index in [9.17, 15) is 0 Å². The van der Waals surface area contributed by atoms with Gasteiger partial charge in [-0.15, -0.1) is 56.9 Å². The van der Waals surface area contributed by atoms with E-state index < -0.39 is 0 Å². The molecule has 7 rings (SSSR count). The number of rotatable bonds is 1. The molecule has 0 aliphatic rings. The van der Waals surface area contributed by atoms with Crippen molar-refractivity contribution in [1.29, 1.82) is 0 Å². The summed E-state index contributed by atoms with van der Waals surface area (Å²) >= 11 is 1.69. The Labute approximate surface area is 259 Å².